The summed E-state index contributed by atoms with van der Waals surface area (Å²) < 4.78 is 11.4. The topological polar surface area (TPSA) is 85.2 Å². The van der Waals surface area contributed by atoms with Gasteiger partial charge < -0.3 is 9.15 Å². The van der Waals surface area contributed by atoms with Crippen LogP contribution in [0.4, 0.5) is 0 Å². The van der Waals surface area contributed by atoms with E-state index in [2.05, 4.69) is 25.9 Å². The first-order chi connectivity index (χ1) is 11.1. The van der Waals surface area contributed by atoms with Crippen molar-refractivity contribution in [2.24, 2.45) is 0 Å². The van der Waals surface area contributed by atoms with Gasteiger partial charge in [-0.15, -0.1) is 0 Å². The van der Waals surface area contributed by atoms with Gasteiger partial charge in [-0.2, -0.15) is 4.98 Å². The summed E-state index contributed by atoms with van der Waals surface area (Å²) in [5.74, 6) is 0. The molecule has 0 unspecified atom stereocenters. The first-order valence-electron chi connectivity index (χ1n) is 7.01. The molecule has 7 heteroatoms. The highest BCUT2D eigenvalue weighted by molar-refractivity contribution is 9.10. The lowest BCUT2D eigenvalue weighted by Crippen LogP contribution is -2.15. The van der Waals surface area contributed by atoms with Crippen LogP contribution in [0.25, 0.3) is 11.1 Å². The van der Waals surface area contributed by atoms with Crippen molar-refractivity contribution >= 4 is 27.0 Å². The number of aromatic nitrogens is 2. The maximum atomic E-state index is 12.2. The van der Waals surface area contributed by atoms with Gasteiger partial charge in [0.1, 0.15) is 12.0 Å². The molecule has 0 amide bonds. The molecular weight excluding hydrogens is 364 g/mol. The predicted octanol–water partition coefficient (Wildman–Crippen LogP) is 2.78. The first kappa shape index (κ1) is 15.5. The number of aromatic amines is 1. The highest BCUT2D eigenvalue weighted by Crippen LogP contribution is 2.18. The van der Waals surface area contributed by atoms with Gasteiger partial charge in [0.25, 0.3) is 11.6 Å². The number of ether oxygens (including phenoxy) is 1. The van der Waals surface area contributed by atoms with Crippen molar-refractivity contribution in [3.05, 3.63) is 66.7 Å². The fraction of sp³-hybridized carbons (Fsp3) is 0.188. The molecule has 0 atom stereocenters. The molecule has 0 fully saturated rings. The summed E-state index contributed by atoms with van der Waals surface area (Å²) in [7, 11) is 0. The van der Waals surface area contributed by atoms with Gasteiger partial charge >= 0.3 is 5.63 Å². The Hall–Kier alpha value is -2.41. The van der Waals surface area contributed by atoms with E-state index in [1.807, 2.05) is 31.2 Å². The second-order valence-corrected chi connectivity index (χ2v) is 5.73. The number of benzene rings is 1. The van der Waals surface area contributed by atoms with Crippen LogP contribution in [-0.4, -0.2) is 9.97 Å². The molecular formula is C16H13BrN2O4. The minimum absolute atomic E-state index is 0.00894. The zero-order chi connectivity index (χ0) is 16.4. The number of nitrogens with zero attached hydrogens (tertiary/aromatic N) is 1. The van der Waals surface area contributed by atoms with Crippen molar-refractivity contribution in [3.63, 3.8) is 0 Å². The number of hydrogen-bond acceptors (Lipinski definition) is 5. The molecule has 1 N–H and O–H groups in total. The van der Waals surface area contributed by atoms with Crippen LogP contribution in [0.3, 0.4) is 0 Å². The van der Waals surface area contributed by atoms with Crippen LogP contribution in [0, 0.1) is 0 Å². The monoisotopic (exact) mass is 376 g/mol. The van der Waals surface area contributed by atoms with Crippen molar-refractivity contribution in [3.8, 4) is 6.01 Å². The van der Waals surface area contributed by atoms with E-state index in [4.69, 9.17) is 9.15 Å². The Morgan fingerprint density at radius 2 is 2.04 bits per heavy atom. The quantitative estimate of drug-likeness (QED) is 0.756. The third-order valence-corrected chi connectivity index (χ3v) is 4.15. The highest BCUT2D eigenvalue weighted by Gasteiger charge is 2.12. The zero-order valence-electron chi connectivity index (χ0n) is 12.3. The van der Waals surface area contributed by atoms with E-state index in [-0.39, 0.29) is 23.7 Å². The number of fused-ring (bicyclic) bond motifs is 1. The molecule has 0 saturated carbocycles. The van der Waals surface area contributed by atoms with Crippen LogP contribution in [0.5, 0.6) is 6.01 Å². The second kappa shape index (κ2) is 6.37. The lowest BCUT2D eigenvalue weighted by Gasteiger charge is -2.07. The van der Waals surface area contributed by atoms with Gasteiger partial charge in [0.15, 0.2) is 0 Å². The smallest absolute Gasteiger partial charge is 0.337 e. The Labute approximate surface area is 139 Å². The number of aryl methyl sites for hydroxylation is 1. The fourth-order valence-corrected chi connectivity index (χ4v) is 2.64. The summed E-state index contributed by atoms with van der Waals surface area (Å²) in [5.41, 5.74) is 0.559. The molecule has 0 radical (unpaired) electrons. The number of hydrogen-bond donors (Lipinski definition) is 1. The summed E-state index contributed by atoms with van der Waals surface area (Å²) in [6.45, 7) is 2.07. The Kier molecular flexibility index (Phi) is 4.29. The SMILES string of the molecule is CCc1cc(=O)oc2nc(OCc3ccccc3Br)[nH]c(=O)c12. The first-order valence-corrected chi connectivity index (χ1v) is 7.81. The Morgan fingerprint density at radius 3 is 2.78 bits per heavy atom. The van der Waals surface area contributed by atoms with E-state index in [0.717, 1.165) is 10.0 Å². The maximum absolute atomic E-state index is 12.2. The van der Waals surface area contributed by atoms with Crippen LogP contribution < -0.4 is 15.9 Å². The molecule has 3 rings (SSSR count). The molecule has 3 aromatic rings. The molecule has 0 saturated heterocycles. The largest absolute Gasteiger partial charge is 0.460 e. The van der Waals surface area contributed by atoms with Crippen LogP contribution >= 0.6 is 15.9 Å². The molecule has 0 spiro atoms. The third-order valence-electron chi connectivity index (χ3n) is 3.38. The third kappa shape index (κ3) is 3.19. The molecule has 0 aliphatic carbocycles. The summed E-state index contributed by atoms with van der Waals surface area (Å²) in [5, 5.41) is 0.278. The molecule has 0 aliphatic heterocycles. The van der Waals surface area contributed by atoms with Gasteiger partial charge in [0, 0.05) is 16.1 Å². The van der Waals surface area contributed by atoms with E-state index >= 15 is 0 Å². The van der Waals surface area contributed by atoms with Gasteiger partial charge in [0.05, 0.1) is 0 Å². The van der Waals surface area contributed by atoms with Crippen molar-refractivity contribution in [2.75, 3.05) is 0 Å². The van der Waals surface area contributed by atoms with Crippen LogP contribution in [-0.2, 0) is 13.0 Å². The predicted molar refractivity (Wildman–Crippen MR) is 88.8 cm³/mol. The summed E-state index contributed by atoms with van der Waals surface area (Å²) in [6, 6.07) is 8.87. The number of rotatable bonds is 4. The molecule has 0 aliphatic rings. The number of nitrogens with one attached hydrogen (secondary N) is 1. The molecule has 2 aromatic heterocycles. The van der Waals surface area contributed by atoms with Crippen molar-refractivity contribution in [2.45, 2.75) is 20.0 Å². The lowest BCUT2D eigenvalue weighted by molar-refractivity contribution is 0.279. The number of halogens is 1. The van der Waals surface area contributed by atoms with Gasteiger partial charge in [-0.25, -0.2) is 4.79 Å². The lowest BCUT2D eigenvalue weighted by atomic mass is 10.1. The van der Waals surface area contributed by atoms with Crippen LogP contribution in [0.2, 0.25) is 0 Å². The van der Waals surface area contributed by atoms with Crippen molar-refractivity contribution in [1.29, 1.82) is 0 Å². The number of H-pyrrole nitrogens is 1. The van der Waals surface area contributed by atoms with E-state index in [9.17, 15) is 9.59 Å². The fourth-order valence-electron chi connectivity index (χ4n) is 2.24. The zero-order valence-corrected chi connectivity index (χ0v) is 13.8. The molecule has 1 aromatic carbocycles. The minimum Gasteiger partial charge on any atom is -0.460 e. The molecule has 6 nitrogen and oxygen atoms in total. The summed E-state index contributed by atoms with van der Waals surface area (Å²) in [6.07, 6.45) is 0.532. The average Bonchev–Trinajstić information content (AvgIpc) is 2.52. The highest BCUT2D eigenvalue weighted by atomic mass is 79.9. The van der Waals surface area contributed by atoms with E-state index < -0.39 is 11.2 Å². The normalized spacial score (nSPS) is 10.9. The molecule has 23 heavy (non-hydrogen) atoms. The van der Waals surface area contributed by atoms with Crippen molar-refractivity contribution < 1.29 is 9.15 Å². The Balaban J connectivity index is 1.98. The summed E-state index contributed by atoms with van der Waals surface area (Å²) in [4.78, 5) is 30.4. The van der Waals surface area contributed by atoms with E-state index in [1.165, 1.54) is 6.07 Å². The second-order valence-electron chi connectivity index (χ2n) is 4.88. The average molecular weight is 377 g/mol. The van der Waals surface area contributed by atoms with Crippen LogP contribution in [0.15, 0.2) is 48.8 Å². The van der Waals surface area contributed by atoms with Gasteiger partial charge in [-0.3, -0.25) is 9.78 Å². The molecule has 118 valence electrons. The molecule has 2 heterocycles. The van der Waals surface area contributed by atoms with Gasteiger partial charge in [-0.05, 0) is 18.1 Å². The van der Waals surface area contributed by atoms with Crippen LogP contribution in [0.1, 0.15) is 18.1 Å². The van der Waals surface area contributed by atoms with E-state index in [1.54, 1.807) is 0 Å². The Bertz CT molecular complexity index is 978. The standard InChI is InChI=1S/C16H13BrN2O4/c1-2-9-7-12(20)23-15-13(9)14(21)18-16(19-15)22-8-10-5-3-4-6-11(10)17/h3-7H,2,8H2,1H3,(H,18,19,21). The summed E-state index contributed by atoms with van der Waals surface area (Å²) >= 11 is 3.42. The Morgan fingerprint density at radius 1 is 1.26 bits per heavy atom. The minimum atomic E-state index is -0.538. The van der Waals surface area contributed by atoms with Gasteiger partial charge in [-0.1, -0.05) is 41.1 Å². The van der Waals surface area contributed by atoms with Gasteiger partial charge in [0.2, 0.25) is 5.71 Å². The molecule has 0 bridgehead atoms. The van der Waals surface area contributed by atoms with E-state index in [0.29, 0.717) is 12.0 Å². The van der Waals surface area contributed by atoms with Crippen molar-refractivity contribution in [1.82, 2.24) is 9.97 Å². The maximum Gasteiger partial charge on any atom is 0.337 e.